The van der Waals surface area contributed by atoms with Gasteiger partial charge >= 0.3 is 0 Å². The van der Waals surface area contributed by atoms with Gasteiger partial charge < -0.3 is 10.2 Å². The van der Waals surface area contributed by atoms with E-state index in [9.17, 15) is 9.18 Å². The summed E-state index contributed by atoms with van der Waals surface area (Å²) in [5.74, 6) is -0.453. The fourth-order valence-electron chi connectivity index (χ4n) is 1.71. The van der Waals surface area contributed by atoms with E-state index in [2.05, 4.69) is 5.32 Å². The van der Waals surface area contributed by atoms with E-state index < -0.39 is 5.82 Å². The molecule has 1 rings (SSSR count). The highest BCUT2D eigenvalue weighted by Crippen LogP contribution is 2.20. The number of carbonyl (C=O) groups is 1. The molecule has 1 N–H and O–H groups in total. The maximum absolute atomic E-state index is 13.0. The van der Waals surface area contributed by atoms with Crippen LogP contribution in [0.5, 0.6) is 0 Å². The van der Waals surface area contributed by atoms with Crippen molar-refractivity contribution in [2.45, 2.75) is 26.8 Å². The normalized spacial score (nSPS) is 12.1. The Morgan fingerprint density at radius 3 is 2.56 bits per heavy atom. The van der Waals surface area contributed by atoms with Gasteiger partial charge in [0.05, 0.1) is 5.02 Å². The predicted molar refractivity (Wildman–Crippen MR) is 72.4 cm³/mol. The molecule has 18 heavy (non-hydrogen) atoms. The highest BCUT2D eigenvalue weighted by Gasteiger charge is 2.17. The molecular formula is C13H18ClFN2O. The Kier molecular flexibility index (Phi) is 5.41. The summed E-state index contributed by atoms with van der Waals surface area (Å²) in [6.07, 6.45) is 0. The summed E-state index contributed by atoms with van der Waals surface area (Å²) in [4.78, 5) is 13.8. The Morgan fingerprint density at radius 2 is 2.06 bits per heavy atom. The number of anilines is 1. The minimum atomic E-state index is -0.468. The summed E-state index contributed by atoms with van der Waals surface area (Å²) < 4.78 is 13.0. The first kappa shape index (κ1) is 14.8. The van der Waals surface area contributed by atoms with E-state index in [1.165, 1.54) is 12.1 Å². The lowest BCUT2D eigenvalue weighted by Crippen LogP contribution is -2.41. The zero-order valence-corrected chi connectivity index (χ0v) is 11.6. The van der Waals surface area contributed by atoms with Gasteiger partial charge in [-0.2, -0.15) is 0 Å². The fourth-order valence-corrected chi connectivity index (χ4v) is 1.89. The van der Waals surface area contributed by atoms with Crippen LogP contribution in [-0.4, -0.2) is 29.9 Å². The van der Waals surface area contributed by atoms with Crippen LogP contribution in [0, 0.1) is 5.82 Å². The van der Waals surface area contributed by atoms with Crippen LogP contribution in [0.3, 0.4) is 0 Å². The largest absolute Gasteiger partial charge is 0.374 e. The lowest BCUT2D eigenvalue weighted by molar-refractivity contribution is -0.131. The molecule has 1 atom stereocenters. The number of amides is 1. The van der Waals surface area contributed by atoms with Crippen molar-refractivity contribution in [3.8, 4) is 0 Å². The summed E-state index contributed by atoms with van der Waals surface area (Å²) in [5.41, 5.74) is 0.634. The highest BCUT2D eigenvalue weighted by molar-refractivity contribution is 6.31. The van der Waals surface area contributed by atoms with E-state index in [0.29, 0.717) is 18.8 Å². The first-order chi connectivity index (χ1) is 8.49. The van der Waals surface area contributed by atoms with E-state index in [0.717, 1.165) is 0 Å². The number of likely N-dealkylation sites (N-methyl/N-ethyl adjacent to an activating group) is 1. The van der Waals surface area contributed by atoms with E-state index in [-0.39, 0.29) is 17.0 Å². The van der Waals surface area contributed by atoms with Crippen molar-refractivity contribution in [3.63, 3.8) is 0 Å². The molecular weight excluding hydrogens is 255 g/mol. The van der Waals surface area contributed by atoms with Crippen molar-refractivity contribution in [1.82, 2.24) is 4.90 Å². The molecule has 0 aliphatic rings. The molecule has 1 aromatic rings. The Balaban J connectivity index is 2.71. The quantitative estimate of drug-likeness (QED) is 0.893. The molecule has 0 heterocycles. The molecule has 0 fully saturated rings. The summed E-state index contributed by atoms with van der Waals surface area (Å²) in [7, 11) is 0. The zero-order chi connectivity index (χ0) is 13.7. The van der Waals surface area contributed by atoms with Crippen LogP contribution in [-0.2, 0) is 4.79 Å². The second-order valence-corrected chi connectivity index (χ2v) is 4.41. The van der Waals surface area contributed by atoms with E-state index in [1.54, 1.807) is 17.9 Å². The molecule has 0 aromatic heterocycles. The van der Waals surface area contributed by atoms with Gasteiger partial charge in [0.15, 0.2) is 0 Å². The van der Waals surface area contributed by atoms with Gasteiger partial charge in [0, 0.05) is 18.8 Å². The van der Waals surface area contributed by atoms with Gasteiger partial charge in [0.1, 0.15) is 11.9 Å². The van der Waals surface area contributed by atoms with Crippen LogP contribution >= 0.6 is 11.6 Å². The molecule has 0 spiro atoms. The first-order valence-electron chi connectivity index (χ1n) is 6.00. The number of hydrogen-bond donors (Lipinski definition) is 1. The topological polar surface area (TPSA) is 32.3 Å². The second kappa shape index (κ2) is 6.59. The van der Waals surface area contributed by atoms with Crippen molar-refractivity contribution in [3.05, 3.63) is 29.0 Å². The molecule has 0 aliphatic heterocycles. The van der Waals surface area contributed by atoms with Crippen LogP contribution in [0.15, 0.2) is 18.2 Å². The van der Waals surface area contributed by atoms with Gasteiger partial charge in [-0.05, 0) is 39.0 Å². The van der Waals surface area contributed by atoms with Gasteiger partial charge in [-0.3, -0.25) is 4.79 Å². The Bertz CT molecular complexity index is 421. The van der Waals surface area contributed by atoms with Gasteiger partial charge in [-0.1, -0.05) is 11.6 Å². The molecule has 0 aliphatic carbocycles. The fraction of sp³-hybridized carbons (Fsp3) is 0.462. The summed E-state index contributed by atoms with van der Waals surface area (Å²) in [5, 5.41) is 3.06. The van der Waals surface area contributed by atoms with Crippen molar-refractivity contribution in [2.75, 3.05) is 18.4 Å². The van der Waals surface area contributed by atoms with Crippen LogP contribution < -0.4 is 5.32 Å². The SMILES string of the molecule is CCN(CC)C(=O)C(C)Nc1ccc(F)c(Cl)c1. The van der Waals surface area contributed by atoms with Crippen LogP contribution in [0.1, 0.15) is 20.8 Å². The number of benzene rings is 1. The lowest BCUT2D eigenvalue weighted by Gasteiger charge is -2.24. The summed E-state index contributed by atoms with van der Waals surface area (Å²) in [6, 6.07) is 3.95. The number of halogens is 2. The minimum Gasteiger partial charge on any atom is -0.374 e. The number of rotatable bonds is 5. The molecule has 1 unspecified atom stereocenters. The third-order valence-corrected chi connectivity index (χ3v) is 3.04. The lowest BCUT2D eigenvalue weighted by atomic mass is 10.2. The highest BCUT2D eigenvalue weighted by atomic mass is 35.5. The van der Waals surface area contributed by atoms with Crippen LogP contribution in [0.25, 0.3) is 0 Å². The number of carbonyl (C=O) groups excluding carboxylic acids is 1. The maximum Gasteiger partial charge on any atom is 0.244 e. The van der Waals surface area contributed by atoms with Crippen molar-refractivity contribution >= 4 is 23.2 Å². The standard InChI is InChI=1S/C13H18ClFN2O/c1-4-17(5-2)13(18)9(3)16-10-6-7-12(15)11(14)8-10/h6-9,16H,4-5H2,1-3H3. The smallest absolute Gasteiger partial charge is 0.244 e. The van der Waals surface area contributed by atoms with Crippen molar-refractivity contribution < 1.29 is 9.18 Å². The Morgan fingerprint density at radius 1 is 1.44 bits per heavy atom. The van der Waals surface area contributed by atoms with Crippen LogP contribution in [0.4, 0.5) is 10.1 Å². The minimum absolute atomic E-state index is 0.0143. The molecule has 1 amide bonds. The van der Waals surface area contributed by atoms with Gasteiger partial charge in [-0.25, -0.2) is 4.39 Å². The number of nitrogens with zero attached hydrogens (tertiary/aromatic N) is 1. The second-order valence-electron chi connectivity index (χ2n) is 4.01. The number of hydrogen-bond acceptors (Lipinski definition) is 2. The van der Waals surface area contributed by atoms with Gasteiger partial charge in [0.25, 0.3) is 0 Å². The monoisotopic (exact) mass is 272 g/mol. The van der Waals surface area contributed by atoms with E-state index in [1.807, 2.05) is 13.8 Å². The molecule has 0 saturated carbocycles. The Labute approximate surface area is 112 Å². The summed E-state index contributed by atoms with van der Waals surface area (Å²) in [6.45, 7) is 6.99. The molecule has 0 saturated heterocycles. The van der Waals surface area contributed by atoms with Crippen LogP contribution in [0.2, 0.25) is 5.02 Å². The first-order valence-corrected chi connectivity index (χ1v) is 6.37. The van der Waals surface area contributed by atoms with Crippen molar-refractivity contribution in [2.24, 2.45) is 0 Å². The molecule has 1 aromatic carbocycles. The maximum atomic E-state index is 13.0. The van der Waals surface area contributed by atoms with E-state index >= 15 is 0 Å². The molecule has 5 heteroatoms. The molecule has 0 radical (unpaired) electrons. The summed E-state index contributed by atoms with van der Waals surface area (Å²) >= 11 is 5.68. The average Bonchev–Trinajstić information content (AvgIpc) is 2.35. The van der Waals surface area contributed by atoms with Crippen molar-refractivity contribution in [1.29, 1.82) is 0 Å². The third kappa shape index (κ3) is 3.60. The third-order valence-electron chi connectivity index (χ3n) is 2.75. The number of nitrogens with one attached hydrogen (secondary N) is 1. The molecule has 3 nitrogen and oxygen atoms in total. The Hall–Kier alpha value is -1.29. The average molecular weight is 273 g/mol. The molecule has 100 valence electrons. The zero-order valence-electron chi connectivity index (χ0n) is 10.8. The van der Waals surface area contributed by atoms with Gasteiger partial charge in [0.2, 0.25) is 5.91 Å². The predicted octanol–water partition coefficient (Wildman–Crippen LogP) is 3.15. The van der Waals surface area contributed by atoms with Gasteiger partial charge in [-0.15, -0.1) is 0 Å². The molecule has 0 bridgehead atoms. The van der Waals surface area contributed by atoms with E-state index in [4.69, 9.17) is 11.6 Å².